The molecule has 5 N–H and O–H groups in total. The Balaban J connectivity index is 3.40. The first-order valence-electron chi connectivity index (χ1n) is 4.79. The highest BCUT2D eigenvalue weighted by molar-refractivity contribution is 5.77. The molecule has 82 valence electrons. The molecule has 0 bridgehead atoms. The third kappa shape index (κ3) is 8.99. The Morgan fingerprint density at radius 3 is 2.64 bits per heavy atom. The Morgan fingerprint density at radius 2 is 2.14 bits per heavy atom. The van der Waals surface area contributed by atoms with E-state index in [4.69, 9.17) is 11.5 Å². The molecule has 0 radical (unpaired) electrons. The van der Waals surface area contributed by atoms with E-state index in [1.54, 1.807) is 6.92 Å². The Kier molecular flexibility index (Phi) is 6.74. The van der Waals surface area contributed by atoms with Gasteiger partial charge < -0.3 is 16.8 Å². The van der Waals surface area contributed by atoms with E-state index in [0.29, 0.717) is 18.9 Å². The molecule has 0 aromatic heterocycles. The molecule has 0 heterocycles. The molecule has 0 saturated carbocycles. The summed E-state index contributed by atoms with van der Waals surface area (Å²) in [7, 11) is 0. The van der Waals surface area contributed by atoms with Gasteiger partial charge in [-0.2, -0.15) is 0 Å². The minimum absolute atomic E-state index is 0.00665. The molecule has 0 spiro atoms. The fourth-order valence-corrected chi connectivity index (χ4v) is 0.986. The van der Waals surface area contributed by atoms with Crippen LogP contribution in [0.15, 0.2) is 4.99 Å². The molecule has 0 saturated heterocycles. The van der Waals surface area contributed by atoms with Crippen molar-refractivity contribution in [2.45, 2.75) is 32.7 Å². The van der Waals surface area contributed by atoms with Crippen LogP contribution in [-0.4, -0.2) is 30.9 Å². The Bertz CT molecular complexity index is 199. The second-order valence-electron chi connectivity index (χ2n) is 3.36. The predicted octanol–water partition coefficient (Wildman–Crippen LogP) is -0.393. The maximum absolute atomic E-state index is 10.6. The summed E-state index contributed by atoms with van der Waals surface area (Å²) in [6.07, 6.45) is 1.74. The van der Waals surface area contributed by atoms with Crippen LogP contribution in [-0.2, 0) is 4.79 Å². The Labute approximate surface area is 84.9 Å². The summed E-state index contributed by atoms with van der Waals surface area (Å²) in [4.78, 5) is 14.6. The normalized spacial score (nSPS) is 13.8. The Hall–Kier alpha value is -1.10. The molecule has 1 atom stereocenters. The van der Waals surface area contributed by atoms with Gasteiger partial charge in [0, 0.05) is 26.1 Å². The largest absolute Gasteiger partial charge is 0.388 e. The van der Waals surface area contributed by atoms with Gasteiger partial charge in [-0.1, -0.05) is 0 Å². The fraction of sp³-hybridized carbons (Fsp3) is 0.778. The van der Waals surface area contributed by atoms with Crippen LogP contribution in [0.1, 0.15) is 26.7 Å². The van der Waals surface area contributed by atoms with Crippen LogP contribution < -0.4 is 16.8 Å². The van der Waals surface area contributed by atoms with Crippen molar-refractivity contribution in [1.29, 1.82) is 0 Å². The smallest absolute Gasteiger partial charge is 0.216 e. The van der Waals surface area contributed by atoms with Crippen molar-refractivity contribution in [1.82, 2.24) is 5.32 Å². The average molecular weight is 200 g/mol. The van der Waals surface area contributed by atoms with Crippen LogP contribution in [0.5, 0.6) is 0 Å². The zero-order valence-corrected chi connectivity index (χ0v) is 8.92. The number of aliphatic imine (C=N–C) groups is 1. The molecule has 5 nitrogen and oxygen atoms in total. The summed E-state index contributed by atoms with van der Waals surface area (Å²) in [5, 5.41) is 2.67. The quantitative estimate of drug-likeness (QED) is 0.309. The summed E-state index contributed by atoms with van der Waals surface area (Å²) in [6, 6.07) is 0.00665. The molecule has 5 heteroatoms. The lowest BCUT2D eigenvalue weighted by Crippen LogP contribution is -2.36. The summed E-state index contributed by atoms with van der Waals surface area (Å²) in [6.45, 7) is 4.47. The van der Waals surface area contributed by atoms with Gasteiger partial charge >= 0.3 is 0 Å². The van der Waals surface area contributed by atoms with E-state index in [-0.39, 0.29) is 11.9 Å². The van der Waals surface area contributed by atoms with E-state index in [9.17, 15) is 4.79 Å². The topological polar surface area (TPSA) is 93.5 Å². The maximum Gasteiger partial charge on any atom is 0.216 e. The molecule has 0 unspecified atom stereocenters. The van der Waals surface area contributed by atoms with Crippen molar-refractivity contribution in [2.75, 3.05) is 13.1 Å². The zero-order valence-electron chi connectivity index (χ0n) is 8.92. The molecule has 0 fully saturated rings. The van der Waals surface area contributed by atoms with Crippen molar-refractivity contribution in [3.05, 3.63) is 0 Å². The van der Waals surface area contributed by atoms with Gasteiger partial charge in [-0.25, -0.2) is 0 Å². The molecule has 0 rings (SSSR count). The zero-order chi connectivity index (χ0) is 11.0. The van der Waals surface area contributed by atoms with E-state index >= 15 is 0 Å². The number of hydrogen-bond donors (Lipinski definition) is 3. The second-order valence-corrected chi connectivity index (χ2v) is 3.36. The molecule has 14 heavy (non-hydrogen) atoms. The third-order valence-corrected chi connectivity index (χ3v) is 1.71. The van der Waals surface area contributed by atoms with Gasteiger partial charge in [0.2, 0.25) is 5.91 Å². The number of nitrogens with one attached hydrogen (secondary N) is 1. The van der Waals surface area contributed by atoms with Crippen LogP contribution >= 0.6 is 0 Å². The lowest BCUT2D eigenvalue weighted by Gasteiger charge is -2.10. The van der Waals surface area contributed by atoms with Crippen LogP contribution in [0.25, 0.3) is 0 Å². The van der Waals surface area contributed by atoms with Crippen molar-refractivity contribution < 1.29 is 4.79 Å². The number of nitrogens with two attached hydrogens (primary N) is 2. The van der Waals surface area contributed by atoms with Crippen molar-refractivity contribution >= 4 is 11.7 Å². The SMILES string of the molecule is CC(=O)NC[C@H](N)CCCN=C(C)N. The number of rotatable bonds is 6. The van der Waals surface area contributed by atoms with E-state index < -0.39 is 0 Å². The second kappa shape index (κ2) is 7.32. The molecule has 1 amide bonds. The van der Waals surface area contributed by atoms with Crippen LogP contribution in [0.3, 0.4) is 0 Å². The van der Waals surface area contributed by atoms with E-state index in [1.165, 1.54) is 6.92 Å². The molecular formula is C9H20N4O. The molecule has 0 aliphatic rings. The maximum atomic E-state index is 10.6. The van der Waals surface area contributed by atoms with Gasteiger partial charge in [-0.15, -0.1) is 0 Å². The monoisotopic (exact) mass is 200 g/mol. The van der Waals surface area contributed by atoms with Gasteiger partial charge in [-0.05, 0) is 19.8 Å². The minimum Gasteiger partial charge on any atom is -0.388 e. The summed E-state index contributed by atoms with van der Waals surface area (Å²) in [5.41, 5.74) is 11.1. The number of nitrogens with zero attached hydrogens (tertiary/aromatic N) is 1. The number of amidine groups is 1. The first-order valence-corrected chi connectivity index (χ1v) is 4.79. The first kappa shape index (κ1) is 12.9. The lowest BCUT2D eigenvalue weighted by atomic mass is 10.1. The van der Waals surface area contributed by atoms with Crippen molar-refractivity contribution in [3.8, 4) is 0 Å². The summed E-state index contributed by atoms with van der Waals surface area (Å²) in [5.74, 6) is 0.553. The van der Waals surface area contributed by atoms with Crippen molar-refractivity contribution in [3.63, 3.8) is 0 Å². The summed E-state index contributed by atoms with van der Waals surface area (Å²) >= 11 is 0. The highest BCUT2D eigenvalue weighted by atomic mass is 16.1. The lowest BCUT2D eigenvalue weighted by molar-refractivity contribution is -0.119. The van der Waals surface area contributed by atoms with E-state index in [1.807, 2.05) is 0 Å². The molecular weight excluding hydrogens is 180 g/mol. The van der Waals surface area contributed by atoms with Crippen LogP contribution in [0.2, 0.25) is 0 Å². The molecule has 0 aliphatic heterocycles. The van der Waals surface area contributed by atoms with Gasteiger partial charge in [-0.3, -0.25) is 9.79 Å². The molecule has 0 aromatic carbocycles. The standard InChI is InChI=1S/C9H20N4O/c1-7(10)12-5-3-4-9(11)6-13-8(2)14/h9H,3-6,11H2,1-2H3,(H2,10,12)(H,13,14)/t9-/m1/s1. The minimum atomic E-state index is -0.0451. The van der Waals surface area contributed by atoms with E-state index in [0.717, 1.165) is 12.8 Å². The first-order chi connectivity index (χ1) is 6.52. The Morgan fingerprint density at radius 1 is 1.50 bits per heavy atom. The highest BCUT2D eigenvalue weighted by Gasteiger charge is 2.02. The highest BCUT2D eigenvalue weighted by Crippen LogP contribution is 1.94. The third-order valence-electron chi connectivity index (χ3n) is 1.71. The molecule has 0 aliphatic carbocycles. The number of hydrogen-bond acceptors (Lipinski definition) is 3. The van der Waals surface area contributed by atoms with Crippen LogP contribution in [0.4, 0.5) is 0 Å². The van der Waals surface area contributed by atoms with Gasteiger partial charge in [0.05, 0.1) is 5.84 Å². The number of carbonyl (C=O) groups is 1. The van der Waals surface area contributed by atoms with Gasteiger partial charge in [0.15, 0.2) is 0 Å². The van der Waals surface area contributed by atoms with E-state index in [2.05, 4.69) is 10.3 Å². The number of carbonyl (C=O) groups excluding carboxylic acids is 1. The summed E-state index contributed by atoms with van der Waals surface area (Å²) < 4.78 is 0. The van der Waals surface area contributed by atoms with Crippen molar-refractivity contribution in [2.24, 2.45) is 16.5 Å². The predicted molar refractivity (Wildman–Crippen MR) is 58.1 cm³/mol. The molecule has 0 aromatic rings. The number of amides is 1. The van der Waals surface area contributed by atoms with Crippen LogP contribution in [0, 0.1) is 0 Å². The fourth-order valence-electron chi connectivity index (χ4n) is 0.986. The van der Waals surface area contributed by atoms with Gasteiger partial charge in [0.25, 0.3) is 0 Å². The average Bonchev–Trinajstić information content (AvgIpc) is 2.08. The van der Waals surface area contributed by atoms with Gasteiger partial charge in [0.1, 0.15) is 0 Å².